The lowest BCUT2D eigenvalue weighted by Gasteiger charge is -2.27. The van der Waals surface area contributed by atoms with E-state index in [2.05, 4.69) is 13.8 Å². The number of amides is 1. The van der Waals surface area contributed by atoms with E-state index < -0.39 is 5.97 Å². The molecule has 0 fully saturated rings. The number of carboxylic acid groups (broad SMARTS) is 1. The Hall–Kier alpha value is -2.04. The monoisotopic (exact) mass is 321 g/mol. The highest BCUT2D eigenvalue weighted by Crippen LogP contribution is 2.15. The molecule has 1 unspecified atom stereocenters. The lowest BCUT2D eigenvalue weighted by atomic mass is 10.1. The van der Waals surface area contributed by atoms with Crippen LogP contribution in [0, 0.1) is 5.92 Å². The molecule has 1 aromatic carbocycles. The average Bonchev–Trinajstić information content (AvgIpc) is 2.50. The predicted molar refractivity (Wildman–Crippen MR) is 89.6 cm³/mol. The molecule has 0 radical (unpaired) electrons. The van der Waals surface area contributed by atoms with Crippen LogP contribution < -0.4 is 4.74 Å². The van der Waals surface area contributed by atoms with Gasteiger partial charge < -0.3 is 14.7 Å². The van der Waals surface area contributed by atoms with Crippen molar-refractivity contribution in [2.45, 2.75) is 46.6 Å². The predicted octanol–water partition coefficient (Wildman–Crippen LogP) is 2.98. The first-order valence-electron chi connectivity index (χ1n) is 8.06. The molecule has 0 bridgehead atoms. The van der Waals surface area contributed by atoms with Crippen molar-refractivity contribution in [1.29, 1.82) is 0 Å². The summed E-state index contributed by atoms with van der Waals surface area (Å²) in [5.41, 5.74) is 0.852. The van der Waals surface area contributed by atoms with Crippen LogP contribution in [0.4, 0.5) is 0 Å². The van der Waals surface area contributed by atoms with Gasteiger partial charge in [-0.1, -0.05) is 32.9 Å². The standard InChI is InChI=1S/C18H27NO4/c1-5-14(4)19(11-18(21)22)17(20)10-15-6-8-16(9-7-15)23-12-13(2)3/h6-9,13-14H,5,10-12H2,1-4H3,(H,21,22). The van der Waals surface area contributed by atoms with Gasteiger partial charge in [0.25, 0.3) is 0 Å². The summed E-state index contributed by atoms with van der Waals surface area (Å²) in [6.07, 6.45) is 0.920. The molecule has 23 heavy (non-hydrogen) atoms. The highest BCUT2D eigenvalue weighted by atomic mass is 16.5. The van der Waals surface area contributed by atoms with E-state index in [0.717, 1.165) is 17.7 Å². The van der Waals surface area contributed by atoms with Gasteiger partial charge in [-0.2, -0.15) is 0 Å². The SMILES string of the molecule is CCC(C)N(CC(=O)O)C(=O)Cc1ccc(OCC(C)C)cc1. The molecule has 128 valence electrons. The van der Waals surface area contributed by atoms with Gasteiger partial charge in [0, 0.05) is 6.04 Å². The van der Waals surface area contributed by atoms with Crippen molar-refractivity contribution in [1.82, 2.24) is 4.90 Å². The summed E-state index contributed by atoms with van der Waals surface area (Å²) in [7, 11) is 0. The average molecular weight is 321 g/mol. The smallest absolute Gasteiger partial charge is 0.323 e. The lowest BCUT2D eigenvalue weighted by molar-refractivity contribution is -0.145. The van der Waals surface area contributed by atoms with Gasteiger partial charge in [0.05, 0.1) is 13.0 Å². The molecule has 5 heteroatoms. The van der Waals surface area contributed by atoms with E-state index in [-0.39, 0.29) is 24.9 Å². The lowest BCUT2D eigenvalue weighted by Crippen LogP contribution is -2.42. The molecule has 0 aliphatic carbocycles. The largest absolute Gasteiger partial charge is 0.493 e. The summed E-state index contributed by atoms with van der Waals surface area (Å²) in [5.74, 6) is 0.0734. The minimum atomic E-state index is -0.990. The second-order valence-electron chi connectivity index (χ2n) is 6.20. The molecule has 0 aliphatic heterocycles. The molecule has 0 saturated heterocycles. The molecule has 5 nitrogen and oxygen atoms in total. The summed E-state index contributed by atoms with van der Waals surface area (Å²) in [5, 5.41) is 8.97. The molecule has 0 aromatic heterocycles. The first-order valence-corrected chi connectivity index (χ1v) is 8.06. The summed E-state index contributed by atoms with van der Waals surface area (Å²) in [6.45, 7) is 8.36. The Labute approximate surface area is 138 Å². The van der Waals surface area contributed by atoms with Crippen LogP contribution in [0.25, 0.3) is 0 Å². The van der Waals surface area contributed by atoms with Crippen molar-refractivity contribution in [3.05, 3.63) is 29.8 Å². The number of rotatable bonds is 9. The quantitative estimate of drug-likeness (QED) is 0.759. The number of hydrogen-bond acceptors (Lipinski definition) is 3. The zero-order chi connectivity index (χ0) is 17.4. The molecule has 1 atom stereocenters. The van der Waals surface area contributed by atoms with Crippen molar-refractivity contribution in [3.63, 3.8) is 0 Å². The summed E-state index contributed by atoms with van der Waals surface area (Å²) >= 11 is 0. The second kappa shape index (κ2) is 9.18. The van der Waals surface area contributed by atoms with E-state index in [1.54, 1.807) is 0 Å². The molecule has 0 saturated carbocycles. The third-order valence-electron chi connectivity index (χ3n) is 3.61. The highest BCUT2D eigenvalue weighted by molar-refractivity contribution is 5.83. The van der Waals surface area contributed by atoms with Gasteiger partial charge in [0.1, 0.15) is 12.3 Å². The fourth-order valence-electron chi connectivity index (χ4n) is 2.10. The first kappa shape index (κ1) is 19.0. The molecule has 1 aromatic rings. The van der Waals surface area contributed by atoms with Crippen LogP contribution in [0.2, 0.25) is 0 Å². The highest BCUT2D eigenvalue weighted by Gasteiger charge is 2.21. The molecule has 1 rings (SSSR count). The maximum atomic E-state index is 12.4. The number of hydrogen-bond donors (Lipinski definition) is 1. The van der Waals surface area contributed by atoms with Crippen LogP contribution in [-0.2, 0) is 16.0 Å². The van der Waals surface area contributed by atoms with Crippen LogP contribution in [0.1, 0.15) is 39.7 Å². The zero-order valence-corrected chi connectivity index (χ0v) is 14.4. The summed E-state index contributed by atoms with van der Waals surface area (Å²) < 4.78 is 5.61. The number of carbonyl (C=O) groups is 2. The number of nitrogens with zero attached hydrogens (tertiary/aromatic N) is 1. The summed E-state index contributed by atoms with van der Waals surface area (Å²) in [6, 6.07) is 7.30. The Morgan fingerprint density at radius 1 is 1.17 bits per heavy atom. The number of benzene rings is 1. The van der Waals surface area contributed by atoms with Gasteiger partial charge >= 0.3 is 5.97 Å². The molecule has 0 heterocycles. The van der Waals surface area contributed by atoms with Crippen LogP contribution >= 0.6 is 0 Å². The van der Waals surface area contributed by atoms with Gasteiger partial charge in [0.15, 0.2) is 0 Å². The number of carbonyl (C=O) groups excluding carboxylic acids is 1. The number of aliphatic carboxylic acids is 1. The minimum Gasteiger partial charge on any atom is -0.493 e. The normalized spacial score (nSPS) is 12.0. The molecular formula is C18H27NO4. The maximum Gasteiger partial charge on any atom is 0.323 e. The van der Waals surface area contributed by atoms with Crippen LogP contribution in [0.5, 0.6) is 5.75 Å². The van der Waals surface area contributed by atoms with E-state index >= 15 is 0 Å². The van der Waals surface area contributed by atoms with Crippen LogP contribution in [-0.4, -0.2) is 41.1 Å². The number of carboxylic acids is 1. The Balaban J connectivity index is 2.68. The van der Waals surface area contributed by atoms with Gasteiger partial charge in [-0.05, 0) is 37.0 Å². The number of ether oxygens (including phenoxy) is 1. The minimum absolute atomic E-state index is 0.0905. The van der Waals surface area contributed by atoms with E-state index in [4.69, 9.17) is 9.84 Å². The van der Waals surface area contributed by atoms with Gasteiger partial charge in [-0.15, -0.1) is 0 Å². The maximum absolute atomic E-state index is 12.4. The van der Waals surface area contributed by atoms with E-state index in [1.165, 1.54) is 4.90 Å². The third-order valence-corrected chi connectivity index (χ3v) is 3.61. The van der Waals surface area contributed by atoms with Crippen LogP contribution in [0.15, 0.2) is 24.3 Å². The third kappa shape index (κ3) is 6.72. The Bertz CT molecular complexity index is 510. The first-order chi connectivity index (χ1) is 10.8. The van der Waals surface area contributed by atoms with Crippen molar-refractivity contribution in [2.75, 3.05) is 13.2 Å². The van der Waals surface area contributed by atoms with E-state index in [1.807, 2.05) is 38.1 Å². The topological polar surface area (TPSA) is 66.8 Å². The van der Waals surface area contributed by atoms with Crippen molar-refractivity contribution >= 4 is 11.9 Å². The van der Waals surface area contributed by atoms with E-state index in [9.17, 15) is 9.59 Å². The Morgan fingerprint density at radius 2 is 1.78 bits per heavy atom. The van der Waals surface area contributed by atoms with Crippen LogP contribution in [0.3, 0.4) is 0 Å². The van der Waals surface area contributed by atoms with Gasteiger partial charge in [-0.25, -0.2) is 0 Å². The Kier molecular flexibility index (Phi) is 7.59. The van der Waals surface area contributed by atoms with Crippen molar-refractivity contribution in [2.24, 2.45) is 5.92 Å². The molecule has 0 spiro atoms. The molecule has 1 N–H and O–H groups in total. The Morgan fingerprint density at radius 3 is 2.26 bits per heavy atom. The van der Waals surface area contributed by atoms with Gasteiger partial charge in [-0.3, -0.25) is 9.59 Å². The molecule has 1 amide bonds. The second-order valence-corrected chi connectivity index (χ2v) is 6.20. The van der Waals surface area contributed by atoms with Crippen molar-refractivity contribution in [3.8, 4) is 5.75 Å². The summed E-state index contributed by atoms with van der Waals surface area (Å²) in [4.78, 5) is 24.7. The fraction of sp³-hybridized carbons (Fsp3) is 0.556. The van der Waals surface area contributed by atoms with Gasteiger partial charge in [0.2, 0.25) is 5.91 Å². The molecular weight excluding hydrogens is 294 g/mol. The zero-order valence-electron chi connectivity index (χ0n) is 14.4. The van der Waals surface area contributed by atoms with E-state index in [0.29, 0.717) is 12.5 Å². The van der Waals surface area contributed by atoms with Crippen molar-refractivity contribution < 1.29 is 19.4 Å². The molecule has 0 aliphatic rings. The fourth-order valence-corrected chi connectivity index (χ4v) is 2.10.